The van der Waals surface area contributed by atoms with Crippen LogP contribution in [0.25, 0.3) is 10.9 Å². The minimum atomic E-state index is -0.968. The van der Waals surface area contributed by atoms with Gasteiger partial charge in [0, 0.05) is 22.7 Å². The number of fused-ring (bicyclic) bond motifs is 1. The Morgan fingerprint density at radius 3 is 2.65 bits per heavy atom. The Kier molecular flexibility index (Phi) is 4.58. The molecule has 0 saturated carbocycles. The highest BCUT2D eigenvalue weighted by Gasteiger charge is 2.35. The van der Waals surface area contributed by atoms with Crippen LogP contribution in [0.15, 0.2) is 24.5 Å². The second-order valence-corrected chi connectivity index (χ2v) is 6.60. The first kappa shape index (κ1) is 16.8. The van der Waals surface area contributed by atoms with Gasteiger partial charge in [0.05, 0.1) is 17.8 Å². The number of nitrogens with zero attached hydrogens (tertiary/aromatic N) is 1. The van der Waals surface area contributed by atoms with E-state index < -0.39 is 17.6 Å². The van der Waals surface area contributed by atoms with Gasteiger partial charge in [0.1, 0.15) is 0 Å². The summed E-state index contributed by atoms with van der Waals surface area (Å²) in [6.45, 7) is 7.26. The molecule has 2 rings (SSSR count). The van der Waals surface area contributed by atoms with E-state index in [0.29, 0.717) is 0 Å². The number of ether oxygens (including phenoxy) is 1. The number of pyridine rings is 1. The molecule has 124 valence electrons. The number of hydrogen-bond acceptors (Lipinski definition) is 4. The van der Waals surface area contributed by atoms with Crippen LogP contribution in [0.4, 0.5) is 4.79 Å². The molecule has 2 unspecified atom stereocenters. The fraction of sp³-hybridized carbons (Fsp3) is 0.438. The molecule has 2 atom stereocenters. The SMILES string of the molecule is CC(NC(=O)C(OC(N)=O)C(C)(C)C)c1cc2ccncc2[nH]1. The Morgan fingerprint density at radius 1 is 1.39 bits per heavy atom. The van der Waals surface area contributed by atoms with E-state index in [1.165, 1.54) is 0 Å². The lowest BCUT2D eigenvalue weighted by molar-refractivity contribution is -0.135. The van der Waals surface area contributed by atoms with Crippen molar-refractivity contribution in [2.45, 2.75) is 39.8 Å². The predicted octanol–water partition coefficient (Wildman–Crippen LogP) is 2.25. The molecule has 0 aromatic carbocycles. The van der Waals surface area contributed by atoms with Crippen molar-refractivity contribution in [2.24, 2.45) is 11.1 Å². The summed E-state index contributed by atoms with van der Waals surface area (Å²) < 4.78 is 4.98. The zero-order valence-electron chi connectivity index (χ0n) is 13.7. The van der Waals surface area contributed by atoms with E-state index in [1.807, 2.05) is 19.1 Å². The molecular formula is C16H22N4O3. The zero-order valence-corrected chi connectivity index (χ0v) is 13.7. The van der Waals surface area contributed by atoms with Crippen LogP contribution in [0.1, 0.15) is 39.4 Å². The lowest BCUT2D eigenvalue weighted by Gasteiger charge is -2.29. The van der Waals surface area contributed by atoms with Crippen LogP contribution in [-0.4, -0.2) is 28.1 Å². The van der Waals surface area contributed by atoms with Gasteiger partial charge < -0.3 is 20.8 Å². The molecule has 2 heterocycles. The number of nitrogens with one attached hydrogen (secondary N) is 2. The number of H-pyrrole nitrogens is 1. The van der Waals surface area contributed by atoms with Crippen molar-refractivity contribution in [2.75, 3.05) is 0 Å². The summed E-state index contributed by atoms with van der Waals surface area (Å²) in [5.74, 6) is -0.388. The predicted molar refractivity (Wildman–Crippen MR) is 86.6 cm³/mol. The summed E-state index contributed by atoms with van der Waals surface area (Å²) in [6.07, 6.45) is 1.50. The third-order valence-electron chi connectivity index (χ3n) is 3.53. The van der Waals surface area contributed by atoms with Crippen molar-refractivity contribution in [1.82, 2.24) is 15.3 Å². The summed E-state index contributed by atoms with van der Waals surface area (Å²) in [4.78, 5) is 30.8. The number of nitrogens with two attached hydrogens (primary N) is 1. The molecule has 2 aromatic rings. The van der Waals surface area contributed by atoms with Crippen molar-refractivity contribution in [1.29, 1.82) is 0 Å². The number of amides is 2. The van der Waals surface area contributed by atoms with Gasteiger partial charge in [-0.25, -0.2) is 4.79 Å². The normalized spacial score (nSPS) is 14.3. The summed E-state index contributed by atoms with van der Waals surface area (Å²) in [7, 11) is 0. The zero-order chi connectivity index (χ0) is 17.2. The first-order chi connectivity index (χ1) is 10.7. The largest absolute Gasteiger partial charge is 0.436 e. The fourth-order valence-electron chi connectivity index (χ4n) is 2.33. The number of carbonyl (C=O) groups excluding carboxylic acids is 2. The first-order valence-electron chi connectivity index (χ1n) is 7.37. The Labute approximate surface area is 134 Å². The number of aromatic amines is 1. The summed E-state index contributed by atoms with van der Waals surface area (Å²) in [6, 6.07) is 3.55. The van der Waals surface area contributed by atoms with Crippen LogP contribution in [0.3, 0.4) is 0 Å². The Morgan fingerprint density at radius 2 is 2.09 bits per heavy atom. The second kappa shape index (κ2) is 6.28. The number of rotatable bonds is 4. The van der Waals surface area contributed by atoms with Crippen LogP contribution in [0, 0.1) is 5.41 Å². The summed E-state index contributed by atoms with van der Waals surface area (Å²) in [5.41, 5.74) is 6.23. The van der Waals surface area contributed by atoms with Gasteiger partial charge in [-0.2, -0.15) is 0 Å². The van der Waals surface area contributed by atoms with E-state index in [4.69, 9.17) is 10.5 Å². The maximum atomic E-state index is 12.5. The second-order valence-electron chi connectivity index (χ2n) is 6.60. The maximum absolute atomic E-state index is 12.5. The Balaban J connectivity index is 2.15. The van der Waals surface area contributed by atoms with Gasteiger partial charge >= 0.3 is 6.09 Å². The van der Waals surface area contributed by atoms with E-state index in [-0.39, 0.29) is 11.9 Å². The molecule has 2 aromatic heterocycles. The van der Waals surface area contributed by atoms with Crippen LogP contribution in [-0.2, 0) is 9.53 Å². The summed E-state index contributed by atoms with van der Waals surface area (Å²) in [5, 5.41) is 3.86. The number of aromatic nitrogens is 2. The molecule has 0 bridgehead atoms. The van der Waals surface area contributed by atoms with Crippen LogP contribution in [0.5, 0.6) is 0 Å². The number of carbonyl (C=O) groups is 2. The van der Waals surface area contributed by atoms with E-state index in [9.17, 15) is 9.59 Å². The minimum absolute atomic E-state index is 0.281. The molecule has 0 aliphatic heterocycles. The molecule has 0 saturated heterocycles. The van der Waals surface area contributed by atoms with E-state index in [2.05, 4.69) is 15.3 Å². The van der Waals surface area contributed by atoms with Crippen molar-refractivity contribution in [3.63, 3.8) is 0 Å². The topological polar surface area (TPSA) is 110 Å². The van der Waals surface area contributed by atoms with Crippen molar-refractivity contribution < 1.29 is 14.3 Å². The molecule has 0 spiro atoms. The monoisotopic (exact) mass is 318 g/mol. The number of hydrogen-bond donors (Lipinski definition) is 3. The first-order valence-corrected chi connectivity index (χ1v) is 7.37. The average molecular weight is 318 g/mol. The lowest BCUT2D eigenvalue weighted by atomic mass is 9.88. The molecule has 7 nitrogen and oxygen atoms in total. The third kappa shape index (κ3) is 4.00. The van der Waals surface area contributed by atoms with Crippen LogP contribution >= 0.6 is 0 Å². The van der Waals surface area contributed by atoms with Gasteiger partial charge in [-0.15, -0.1) is 0 Å². The van der Waals surface area contributed by atoms with Crippen molar-refractivity contribution in [3.05, 3.63) is 30.2 Å². The molecule has 0 radical (unpaired) electrons. The maximum Gasteiger partial charge on any atom is 0.405 e. The van der Waals surface area contributed by atoms with Gasteiger partial charge in [-0.3, -0.25) is 9.78 Å². The standard InChI is InChI=1S/C16H22N4O3/c1-9(11-7-10-5-6-18-8-12(10)20-11)19-14(21)13(16(2,3)4)23-15(17)22/h5-9,13,20H,1-4H3,(H2,17,22)(H,19,21). The fourth-order valence-corrected chi connectivity index (χ4v) is 2.33. The summed E-state index contributed by atoms with van der Waals surface area (Å²) >= 11 is 0. The van der Waals surface area contributed by atoms with Crippen LogP contribution in [0.2, 0.25) is 0 Å². The molecule has 23 heavy (non-hydrogen) atoms. The lowest BCUT2D eigenvalue weighted by Crippen LogP contribution is -2.47. The minimum Gasteiger partial charge on any atom is -0.436 e. The smallest absolute Gasteiger partial charge is 0.405 e. The highest BCUT2D eigenvalue weighted by molar-refractivity contribution is 5.85. The molecule has 7 heteroatoms. The van der Waals surface area contributed by atoms with E-state index in [0.717, 1.165) is 16.6 Å². The molecule has 0 aliphatic rings. The van der Waals surface area contributed by atoms with Crippen LogP contribution < -0.4 is 11.1 Å². The van der Waals surface area contributed by atoms with E-state index in [1.54, 1.807) is 33.2 Å². The average Bonchev–Trinajstić information content (AvgIpc) is 2.87. The number of primary amides is 1. The molecule has 2 amide bonds. The van der Waals surface area contributed by atoms with Gasteiger partial charge in [-0.05, 0) is 19.1 Å². The van der Waals surface area contributed by atoms with Gasteiger partial charge in [0.2, 0.25) is 0 Å². The van der Waals surface area contributed by atoms with Crippen molar-refractivity contribution in [3.8, 4) is 0 Å². The molecule has 0 fully saturated rings. The Bertz CT molecular complexity index is 684. The molecule has 4 N–H and O–H groups in total. The Hall–Kier alpha value is -2.57. The highest BCUT2D eigenvalue weighted by Crippen LogP contribution is 2.24. The van der Waals surface area contributed by atoms with Crippen molar-refractivity contribution >= 4 is 22.9 Å². The van der Waals surface area contributed by atoms with Gasteiger partial charge in [0.15, 0.2) is 6.10 Å². The molecule has 0 aliphatic carbocycles. The highest BCUT2D eigenvalue weighted by atomic mass is 16.6. The van der Waals surface area contributed by atoms with Gasteiger partial charge in [0.25, 0.3) is 5.91 Å². The molecular weight excluding hydrogens is 296 g/mol. The van der Waals surface area contributed by atoms with E-state index >= 15 is 0 Å². The third-order valence-corrected chi connectivity index (χ3v) is 3.53. The van der Waals surface area contributed by atoms with Gasteiger partial charge in [-0.1, -0.05) is 20.8 Å². The quantitative estimate of drug-likeness (QED) is 0.803.